The van der Waals surface area contributed by atoms with Gasteiger partial charge in [0.15, 0.2) is 11.6 Å². The molecule has 9 heteroatoms. The van der Waals surface area contributed by atoms with Gasteiger partial charge in [-0.15, -0.1) is 0 Å². The van der Waals surface area contributed by atoms with Gasteiger partial charge in [-0.25, -0.2) is 23.2 Å². The lowest BCUT2D eigenvalue weighted by Gasteiger charge is -2.35. The second-order valence-electron chi connectivity index (χ2n) is 6.24. The van der Waals surface area contributed by atoms with Crippen molar-refractivity contribution in [1.82, 2.24) is 5.32 Å². The van der Waals surface area contributed by atoms with Gasteiger partial charge in [-0.1, -0.05) is 12.1 Å². The highest BCUT2D eigenvalue weighted by Crippen LogP contribution is 2.34. The monoisotopic (exact) mass is 402 g/mol. The number of hydrogen-bond acceptors (Lipinski definition) is 4. The van der Waals surface area contributed by atoms with Crippen LogP contribution in [0.5, 0.6) is 0 Å². The Morgan fingerprint density at radius 3 is 2.48 bits per heavy atom. The van der Waals surface area contributed by atoms with Crippen LogP contribution in [-0.2, 0) is 9.53 Å². The minimum Gasteiger partial charge on any atom is -0.478 e. The molecule has 1 aliphatic heterocycles. The number of amides is 2. The molecule has 7 nitrogen and oxygen atoms in total. The van der Waals surface area contributed by atoms with Crippen LogP contribution in [0, 0.1) is 11.6 Å². The number of carbonyl (C=O) groups is 3. The van der Waals surface area contributed by atoms with Crippen molar-refractivity contribution in [3.63, 3.8) is 0 Å². The summed E-state index contributed by atoms with van der Waals surface area (Å²) in [6.07, 6.45) is 0. The first kappa shape index (κ1) is 20.0. The molecule has 0 spiro atoms. The number of urea groups is 1. The molecule has 3 rings (SSSR count). The lowest BCUT2D eigenvalue weighted by Crippen LogP contribution is -2.48. The largest absolute Gasteiger partial charge is 0.478 e. The first-order valence-electron chi connectivity index (χ1n) is 8.42. The summed E-state index contributed by atoms with van der Waals surface area (Å²) in [6, 6.07) is 6.87. The van der Waals surface area contributed by atoms with Crippen molar-refractivity contribution in [3.8, 4) is 0 Å². The fraction of sp³-hybridized carbons (Fsp3) is 0.150. The van der Waals surface area contributed by atoms with Crippen LogP contribution in [-0.4, -0.2) is 30.2 Å². The maximum absolute atomic E-state index is 13.7. The maximum atomic E-state index is 13.7. The smallest absolute Gasteiger partial charge is 0.337 e. The number of hydrogen-bond donors (Lipinski definition) is 2. The average molecular weight is 402 g/mol. The molecule has 2 amide bonds. The lowest BCUT2D eigenvalue weighted by atomic mass is 9.94. The molecule has 1 atom stereocenters. The highest BCUT2D eigenvalue weighted by atomic mass is 19.2. The number of carbonyl (C=O) groups excluding carboxylic acids is 2. The highest BCUT2D eigenvalue weighted by Gasteiger charge is 2.37. The normalized spacial score (nSPS) is 16.5. The molecule has 1 aliphatic rings. The van der Waals surface area contributed by atoms with E-state index >= 15 is 0 Å². The van der Waals surface area contributed by atoms with Crippen LogP contribution in [0.4, 0.5) is 19.3 Å². The molecular weight excluding hydrogens is 386 g/mol. The topological polar surface area (TPSA) is 95.9 Å². The molecule has 0 aliphatic carbocycles. The van der Waals surface area contributed by atoms with Crippen molar-refractivity contribution < 1.29 is 33.0 Å². The number of carboxylic acids is 1. The van der Waals surface area contributed by atoms with Gasteiger partial charge >= 0.3 is 18.0 Å². The summed E-state index contributed by atoms with van der Waals surface area (Å²) < 4.78 is 31.8. The van der Waals surface area contributed by atoms with Crippen molar-refractivity contribution >= 4 is 23.7 Å². The molecule has 0 fully saturated rings. The van der Waals surface area contributed by atoms with Crippen molar-refractivity contribution in [3.05, 3.63) is 76.5 Å². The number of aromatic carboxylic acids is 1. The van der Waals surface area contributed by atoms with E-state index < -0.39 is 35.6 Å². The number of carboxylic acid groups (broad SMARTS) is 1. The number of ether oxygens (including phenoxy) is 1. The van der Waals surface area contributed by atoms with Gasteiger partial charge in [0.2, 0.25) is 0 Å². The van der Waals surface area contributed by atoms with Crippen LogP contribution in [0.3, 0.4) is 0 Å². The number of benzene rings is 2. The SMILES string of the molecule is COC(=O)C1=C(C)N(c2cccc(C(=O)O)c2)C(=O)N[C@@H]1c1ccc(F)c(F)c1. The predicted octanol–water partition coefficient (Wildman–Crippen LogP) is 3.38. The molecule has 0 radical (unpaired) electrons. The van der Waals surface area contributed by atoms with Crippen molar-refractivity contribution in [2.24, 2.45) is 0 Å². The van der Waals surface area contributed by atoms with Gasteiger partial charge in [-0.3, -0.25) is 4.90 Å². The van der Waals surface area contributed by atoms with Crippen LogP contribution in [0.25, 0.3) is 0 Å². The zero-order chi connectivity index (χ0) is 21.3. The number of methoxy groups -OCH3 is 1. The molecule has 2 aromatic rings. The number of halogens is 2. The van der Waals surface area contributed by atoms with E-state index in [-0.39, 0.29) is 28.1 Å². The molecule has 29 heavy (non-hydrogen) atoms. The Morgan fingerprint density at radius 2 is 1.86 bits per heavy atom. The Morgan fingerprint density at radius 1 is 1.14 bits per heavy atom. The van der Waals surface area contributed by atoms with Crippen LogP contribution in [0.2, 0.25) is 0 Å². The molecule has 2 aromatic carbocycles. The Kier molecular flexibility index (Phi) is 5.31. The van der Waals surface area contributed by atoms with E-state index in [0.717, 1.165) is 24.1 Å². The first-order valence-corrected chi connectivity index (χ1v) is 8.42. The van der Waals surface area contributed by atoms with E-state index in [2.05, 4.69) is 5.32 Å². The molecule has 0 aromatic heterocycles. The highest BCUT2D eigenvalue weighted by molar-refractivity contribution is 6.03. The van der Waals surface area contributed by atoms with Gasteiger partial charge in [0, 0.05) is 5.70 Å². The molecular formula is C20H16F2N2O5. The Hall–Kier alpha value is -3.75. The van der Waals surface area contributed by atoms with Crippen LogP contribution in [0.15, 0.2) is 53.7 Å². The fourth-order valence-corrected chi connectivity index (χ4v) is 3.15. The van der Waals surface area contributed by atoms with Gasteiger partial charge in [0.25, 0.3) is 0 Å². The zero-order valence-electron chi connectivity index (χ0n) is 15.4. The van der Waals surface area contributed by atoms with Crippen LogP contribution in [0.1, 0.15) is 28.9 Å². The Labute approximate surface area is 164 Å². The summed E-state index contributed by atoms with van der Waals surface area (Å²) in [7, 11) is 1.15. The van der Waals surface area contributed by atoms with Gasteiger partial charge in [0.1, 0.15) is 0 Å². The molecule has 0 bridgehead atoms. The van der Waals surface area contributed by atoms with E-state index in [4.69, 9.17) is 4.74 Å². The second-order valence-corrected chi connectivity index (χ2v) is 6.24. The molecule has 2 N–H and O–H groups in total. The summed E-state index contributed by atoms with van der Waals surface area (Å²) in [6.45, 7) is 1.48. The number of anilines is 1. The Balaban J connectivity index is 2.15. The summed E-state index contributed by atoms with van der Waals surface area (Å²) in [5.74, 6) is -4.16. The number of nitrogens with one attached hydrogen (secondary N) is 1. The number of rotatable bonds is 4. The van der Waals surface area contributed by atoms with E-state index in [1.165, 1.54) is 37.3 Å². The summed E-state index contributed by atoms with van der Waals surface area (Å²) in [5, 5.41) is 11.7. The maximum Gasteiger partial charge on any atom is 0.337 e. The minimum atomic E-state index is -1.18. The standard InChI is InChI=1S/C20H16F2N2O5/c1-10-16(19(27)29-2)17(11-6-7-14(21)15(22)9-11)23-20(28)24(10)13-5-3-4-12(8-13)18(25)26/h3-9,17H,1-2H3,(H,23,28)(H,25,26)/t17-/m1/s1. The third-order valence-corrected chi connectivity index (χ3v) is 4.52. The zero-order valence-corrected chi connectivity index (χ0v) is 15.4. The quantitative estimate of drug-likeness (QED) is 0.765. The van der Waals surface area contributed by atoms with Gasteiger partial charge in [-0.2, -0.15) is 0 Å². The summed E-state index contributed by atoms with van der Waals surface area (Å²) in [5.41, 5.74) is 0.475. The minimum absolute atomic E-state index is 0.00108. The number of nitrogens with zero attached hydrogens (tertiary/aromatic N) is 1. The van der Waals surface area contributed by atoms with E-state index in [1.807, 2.05) is 0 Å². The van der Waals surface area contributed by atoms with E-state index in [0.29, 0.717) is 0 Å². The lowest BCUT2D eigenvalue weighted by molar-refractivity contribution is -0.136. The van der Waals surface area contributed by atoms with Crippen molar-refractivity contribution in [2.75, 3.05) is 12.0 Å². The van der Waals surface area contributed by atoms with Gasteiger partial charge in [-0.05, 0) is 42.8 Å². The van der Waals surface area contributed by atoms with E-state index in [9.17, 15) is 28.3 Å². The molecule has 0 saturated heterocycles. The molecule has 1 heterocycles. The third kappa shape index (κ3) is 3.66. The molecule has 0 saturated carbocycles. The Bertz CT molecular complexity index is 1050. The van der Waals surface area contributed by atoms with Crippen LogP contribution >= 0.6 is 0 Å². The van der Waals surface area contributed by atoms with Crippen molar-refractivity contribution in [2.45, 2.75) is 13.0 Å². The van der Waals surface area contributed by atoms with E-state index in [1.54, 1.807) is 0 Å². The average Bonchev–Trinajstić information content (AvgIpc) is 2.69. The summed E-state index contributed by atoms with van der Waals surface area (Å²) in [4.78, 5) is 37.6. The molecule has 0 unspecified atom stereocenters. The number of allylic oxidation sites excluding steroid dienone is 1. The predicted molar refractivity (Wildman–Crippen MR) is 98.2 cm³/mol. The molecule has 150 valence electrons. The van der Waals surface area contributed by atoms with Gasteiger partial charge in [0.05, 0.1) is 30.0 Å². The first-order chi connectivity index (χ1) is 13.7. The number of esters is 1. The summed E-state index contributed by atoms with van der Waals surface area (Å²) >= 11 is 0. The third-order valence-electron chi connectivity index (χ3n) is 4.52. The van der Waals surface area contributed by atoms with Crippen molar-refractivity contribution in [1.29, 1.82) is 0 Å². The van der Waals surface area contributed by atoms with Crippen LogP contribution < -0.4 is 10.2 Å². The fourth-order valence-electron chi connectivity index (χ4n) is 3.15. The second kappa shape index (κ2) is 7.70. The van der Waals surface area contributed by atoms with Gasteiger partial charge < -0.3 is 15.2 Å².